The van der Waals surface area contributed by atoms with E-state index in [0.717, 1.165) is 12.8 Å². The molecular weight excluding hydrogens is 316 g/mol. The highest BCUT2D eigenvalue weighted by Crippen LogP contribution is 2.31. The van der Waals surface area contributed by atoms with Crippen LogP contribution in [0.3, 0.4) is 0 Å². The lowest BCUT2D eigenvalue weighted by molar-refractivity contribution is -0.137. The molecule has 0 aliphatic rings. The third-order valence-corrected chi connectivity index (χ3v) is 3.33. The van der Waals surface area contributed by atoms with E-state index in [-0.39, 0.29) is 19.1 Å². The van der Waals surface area contributed by atoms with Gasteiger partial charge in [-0.3, -0.25) is 0 Å². The van der Waals surface area contributed by atoms with E-state index >= 15 is 0 Å². The van der Waals surface area contributed by atoms with Crippen LogP contribution in [0.1, 0.15) is 31.7 Å². The number of amides is 2. The lowest BCUT2D eigenvalue weighted by Gasteiger charge is -2.16. The summed E-state index contributed by atoms with van der Waals surface area (Å²) in [5.41, 5.74) is -1.58. The van der Waals surface area contributed by atoms with E-state index in [1.54, 1.807) is 0 Å². The van der Waals surface area contributed by atoms with Crippen molar-refractivity contribution in [2.75, 3.05) is 18.5 Å². The van der Waals surface area contributed by atoms with Gasteiger partial charge < -0.3 is 15.7 Å². The minimum absolute atomic E-state index is 0.0176. The summed E-state index contributed by atoms with van der Waals surface area (Å²) in [5.74, 6) is -0.893. The molecule has 0 saturated heterocycles. The number of alkyl halides is 3. The van der Waals surface area contributed by atoms with Crippen LogP contribution in [0.4, 0.5) is 28.0 Å². The minimum atomic E-state index is -4.62. The number of urea groups is 1. The highest BCUT2D eigenvalue weighted by molar-refractivity contribution is 5.89. The second-order valence-corrected chi connectivity index (χ2v) is 5.19. The second-order valence-electron chi connectivity index (χ2n) is 5.19. The Morgan fingerprint density at radius 2 is 2.00 bits per heavy atom. The third-order valence-electron chi connectivity index (χ3n) is 3.33. The Bertz CT molecular complexity index is 515. The van der Waals surface area contributed by atoms with Gasteiger partial charge in [-0.1, -0.05) is 13.3 Å². The largest absolute Gasteiger partial charge is 0.416 e. The molecule has 3 N–H and O–H groups in total. The normalized spacial score (nSPS) is 12.8. The fourth-order valence-electron chi connectivity index (χ4n) is 2.14. The van der Waals surface area contributed by atoms with Gasteiger partial charge in [0.25, 0.3) is 0 Å². The summed E-state index contributed by atoms with van der Waals surface area (Å²) >= 11 is 0. The molecule has 0 heterocycles. The van der Waals surface area contributed by atoms with Gasteiger partial charge in [-0.2, -0.15) is 13.2 Å². The smallest absolute Gasteiger partial charge is 0.396 e. The van der Waals surface area contributed by atoms with E-state index in [1.807, 2.05) is 6.92 Å². The lowest BCUT2D eigenvalue weighted by Crippen LogP contribution is -2.33. The van der Waals surface area contributed by atoms with E-state index in [9.17, 15) is 22.4 Å². The number of rotatable bonds is 7. The molecule has 130 valence electrons. The van der Waals surface area contributed by atoms with Gasteiger partial charge in [-0.05, 0) is 37.0 Å². The van der Waals surface area contributed by atoms with Crippen LogP contribution in [0, 0.1) is 11.7 Å². The highest BCUT2D eigenvalue weighted by Gasteiger charge is 2.31. The standard InChI is InChI=1S/C15H20F4N2O2/c1-2-3-10(6-7-22)9-20-14(23)21-13-8-11(15(17,18)19)4-5-12(13)16/h4-5,8,10,22H,2-3,6-7,9H2,1H3,(H2,20,21,23). The Hall–Kier alpha value is -1.83. The average Bonchev–Trinajstić information content (AvgIpc) is 2.46. The first kappa shape index (κ1) is 19.2. The fourth-order valence-corrected chi connectivity index (χ4v) is 2.14. The Labute approximate surface area is 131 Å². The van der Waals surface area contributed by atoms with E-state index in [2.05, 4.69) is 10.6 Å². The van der Waals surface area contributed by atoms with Crippen molar-refractivity contribution in [1.29, 1.82) is 0 Å². The number of carbonyl (C=O) groups is 1. The second kappa shape index (κ2) is 8.71. The van der Waals surface area contributed by atoms with Gasteiger partial charge >= 0.3 is 12.2 Å². The van der Waals surface area contributed by atoms with Crippen molar-refractivity contribution in [3.05, 3.63) is 29.6 Å². The molecule has 23 heavy (non-hydrogen) atoms. The van der Waals surface area contributed by atoms with Gasteiger partial charge in [-0.15, -0.1) is 0 Å². The third kappa shape index (κ3) is 6.43. The zero-order valence-electron chi connectivity index (χ0n) is 12.7. The maximum atomic E-state index is 13.5. The number of aliphatic hydroxyl groups excluding tert-OH is 1. The first-order valence-corrected chi connectivity index (χ1v) is 7.30. The Morgan fingerprint density at radius 1 is 1.30 bits per heavy atom. The van der Waals surface area contributed by atoms with Gasteiger partial charge in [0.2, 0.25) is 0 Å². The summed E-state index contributed by atoms with van der Waals surface area (Å²) < 4.78 is 51.3. The lowest BCUT2D eigenvalue weighted by atomic mass is 10.0. The highest BCUT2D eigenvalue weighted by atomic mass is 19.4. The number of aliphatic hydroxyl groups is 1. The number of nitrogens with one attached hydrogen (secondary N) is 2. The molecule has 1 aromatic carbocycles. The predicted octanol–water partition coefficient (Wildman–Crippen LogP) is 3.76. The summed E-state index contributed by atoms with van der Waals surface area (Å²) in [7, 11) is 0. The van der Waals surface area contributed by atoms with Crippen LogP contribution in [-0.4, -0.2) is 24.3 Å². The maximum absolute atomic E-state index is 13.5. The number of carbonyl (C=O) groups excluding carboxylic acids is 1. The van der Waals surface area contributed by atoms with E-state index < -0.39 is 29.3 Å². The molecule has 0 radical (unpaired) electrons. The Morgan fingerprint density at radius 3 is 2.57 bits per heavy atom. The molecule has 0 saturated carbocycles. The first-order valence-electron chi connectivity index (χ1n) is 7.30. The molecule has 0 aliphatic carbocycles. The van der Waals surface area contributed by atoms with Gasteiger partial charge in [0.05, 0.1) is 11.3 Å². The van der Waals surface area contributed by atoms with Gasteiger partial charge in [0, 0.05) is 13.2 Å². The predicted molar refractivity (Wildman–Crippen MR) is 78.5 cm³/mol. The van der Waals surface area contributed by atoms with Crippen molar-refractivity contribution in [2.24, 2.45) is 5.92 Å². The quantitative estimate of drug-likeness (QED) is 0.664. The number of halogens is 4. The number of hydrogen-bond acceptors (Lipinski definition) is 2. The van der Waals surface area contributed by atoms with Gasteiger partial charge in [0.1, 0.15) is 5.82 Å². The summed E-state index contributed by atoms with van der Waals surface area (Å²) in [4.78, 5) is 11.7. The van der Waals surface area contributed by atoms with Gasteiger partial charge in [-0.25, -0.2) is 9.18 Å². The van der Waals surface area contributed by atoms with Crippen LogP contribution in [0.2, 0.25) is 0 Å². The van der Waals surface area contributed by atoms with Crippen LogP contribution in [0.5, 0.6) is 0 Å². The molecule has 0 aromatic heterocycles. The maximum Gasteiger partial charge on any atom is 0.416 e. The monoisotopic (exact) mass is 336 g/mol. The molecule has 1 rings (SSSR count). The van der Waals surface area contributed by atoms with Crippen molar-refractivity contribution in [3.8, 4) is 0 Å². The molecule has 1 atom stereocenters. The fraction of sp³-hybridized carbons (Fsp3) is 0.533. The molecule has 1 unspecified atom stereocenters. The molecule has 0 bridgehead atoms. The van der Waals surface area contributed by atoms with Crippen molar-refractivity contribution in [2.45, 2.75) is 32.4 Å². The summed E-state index contributed by atoms with van der Waals surface area (Å²) in [6, 6.07) is 1.02. The summed E-state index contributed by atoms with van der Waals surface area (Å²) in [5, 5.41) is 13.5. The average molecular weight is 336 g/mol. The molecule has 0 fully saturated rings. The van der Waals surface area contributed by atoms with Crippen LogP contribution in [0.25, 0.3) is 0 Å². The number of anilines is 1. The number of hydrogen-bond donors (Lipinski definition) is 3. The summed E-state index contributed by atoms with van der Waals surface area (Å²) in [6.45, 7) is 2.19. The Balaban J connectivity index is 2.66. The van der Waals surface area contributed by atoms with Crippen molar-refractivity contribution >= 4 is 11.7 Å². The molecule has 8 heteroatoms. The molecular formula is C15H20F4N2O2. The van der Waals surface area contributed by atoms with E-state index in [4.69, 9.17) is 5.11 Å². The number of benzene rings is 1. The van der Waals surface area contributed by atoms with Crippen LogP contribution >= 0.6 is 0 Å². The molecule has 0 aliphatic heterocycles. The SMILES string of the molecule is CCCC(CCO)CNC(=O)Nc1cc(C(F)(F)F)ccc1F. The van der Waals surface area contributed by atoms with Crippen LogP contribution in [0.15, 0.2) is 18.2 Å². The zero-order valence-corrected chi connectivity index (χ0v) is 12.7. The van der Waals surface area contributed by atoms with Crippen LogP contribution in [-0.2, 0) is 6.18 Å². The van der Waals surface area contributed by atoms with Crippen LogP contribution < -0.4 is 10.6 Å². The minimum Gasteiger partial charge on any atom is -0.396 e. The van der Waals surface area contributed by atoms with Crippen molar-refractivity contribution < 1.29 is 27.5 Å². The summed E-state index contributed by atoms with van der Waals surface area (Å²) in [6.07, 6.45) is -2.45. The molecule has 2 amide bonds. The topological polar surface area (TPSA) is 61.4 Å². The molecule has 1 aromatic rings. The molecule has 4 nitrogen and oxygen atoms in total. The van der Waals surface area contributed by atoms with E-state index in [1.165, 1.54) is 0 Å². The van der Waals surface area contributed by atoms with Crippen molar-refractivity contribution in [3.63, 3.8) is 0 Å². The first-order chi connectivity index (χ1) is 10.8. The van der Waals surface area contributed by atoms with Crippen molar-refractivity contribution in [1.82, 2.24) is 5.32 Å². The van der Waals surface area contributed by atoms with E-state index in [0.29, 0.717) is 24.6 Å². The van der Waals surface area contributed by atoms with Gasteiger partial charge in [0.15, 0.2) is 0 Å². The Kier molecular flexibility index (Phi) is 7.28. The zero-order chi connectivity index (χ0) is 17.5. The molecule has 0 spiro atoms.